The zero-order valence-electron chi connectivity index (χ0n) is 11.4. The summed E-state index contributed by atoms with van der Waals surface area (Å²) in [4.78, 5) is 0. The van der Waals surface area contributed by atoms with Crippen molar-refractivity contribution in [2.75, 3.05) is 0 Å². The topological polar surface area (TPSA) is 44.5 Å². The first-order valence-corrected chi connectivity index (χ1v) is 6.87. The second-order valence-corrected chi connectivity index (χ2v) is 5.94. The van der Waals surface area contributed by atoms with Crippen molar-refractivity contribution in [1.29, 1.82) is 0 Å². The zero-order valence-corrected chi connectivity index (χ0v) is 11.4. The summed E-state index contributed by atoms with van der Waals surface area (Å²) in [5.41, 5.74) is 6.74. The van der Waals surface area contributed by atoms with Gasteiger partial charge in [0, 0.05) is 30.9 Å². The van der Waals surface area contributed by atoms with Gasteiger partial charge in [0.05, 0.1) is 12.2 Å². The van der Waals surface area contributed by atoms with Crippen molar-refractivity contribution in [1.82, 2.24) is 0 Å². The third-order valence-electron chi connectivity index (χ3n) is 4.07. The molecule has 2 heterocycles. The summed E-state index contributed by atoms with van der Waals surface area (Å²) in [6.07, 6.45) is 2.72. The van der Waals surface area contributed by atoms with Crippen LogP contribution in [0.25, 0.3) is 0 Å². The fourth-order valence-corrected chi connectivity index (χ4v) is 3.56. The van der Waals surface area contributed by atoms with Crippen LogP contribution in [-0.2, 0) is 4.74 Å². The maximum Gasteiger partial charge on any atom is 0.125 e. The van der Waals surface area contributed by atoms with E-state index < -0.39 is 0 Å². The van der Waals surface area contributed by atoms with Crippen LogP contribution in [0.1, 0.15) is 44.7 Å². The highest BCUT2D eigenvalue weighted by molar-refractivity contribution is 5.39. The molecule has 1 aromatic carbocycles. The van der Waals surface area contributed by atoms with Crippen LogP contribution >= 0.6 is 0 Å². The van der Waals surface area contributed by atoms with Crippen LogP contribution in [-0.4, -0.2) is 17.8 Å². The Labute approximate surface area is 112 Å². The van der Waals surface area contributed by atoms with Crippen molar-refractivity contribution >= 4 is 0 Å². The van der Waals surface area contributed by atoms with E-state index in [1.54, 1.807) is 6.07 Å². The Balaban J connectivity index is 1.94. The van der Waals surface area contributed by atoms with Crippen LogP contribution in [0.2, 0.25) is 0 Å². The molecule has 3 rings (SSSR count). The third-order valence-corrected chi connectivity index (χ3v) is 4.07. The number of ether oxygens (including phenoxy) is 2. The highest BCUT2D eigenvalue weighted by atomic mass is 19.1. The van der Waals surface area contributed by atoms with E-state index in [9.17, 15) is 4.39 Å². The second-order valence-electron chi connectivity index (χ2n) is 5.94. The zero-order chi connectivity index (χ0) is 13.6. The molecule has 4 heteroatoms. The van der Waals surface area contributed by atoms with E-state index in [2.05, 4.69) is 13.8 Å². The number of hydrogen-bond donors (Lipinski definition) is 1. The summed E-state index contributed by atoms with van der Waals surface area (Å²) in [5.74, 6) is 0.462. The van der Waals surface area contributed by atoms with Crippen LogP contribution in [0, 0.1) is 5.82 Å². The quantitative estimate of drug-likeness (QED) is 0.784. The second kappa shape index (κ2) is 4.46. The molecule has 2 aliphatic rings. The first-order chi connectivity index (χ1) is 8.97. The molecule has 2 unspecified atom stereocenters. The lowest BCUT2D eigenvalue weighted by atomic mass is 9.79. The van der Waals surface area contributed by atoms with E-state index in [4.69, 9.17) is 15.2 Å². The minimum atomic E-state index is -0.263. The van der Waals surface area contributed by atoms with E-state index in [1.165, 1.54) is 12.1 Å². The largest absolute Gasteiger partial charge is 0.487 e. The van der Waals surface area contributed by atoms with Gasteiger partial charge in [0.1, 0.15) is 17.2 Å². The van der Waals surface area contributed by atoms with Crippen molar-refractivity contribution in [3.63, 3.8) is 0 Å². The van der Waals surface area contributed by atoms with Gasteiger partial charge in [-0.05, 0) is 32.0 Å². The summed E-state index contributed by atoms with van der Waals surface area (Å²) < 4.78 is 25.3. The number of rotatable bonds is 0. The Kier molecular flexibility index (Phi) is 3.02. The highest BCUT2D eigenvalue weighted by Crippen LogP contribution is 2.45. The van der Waals surface area contributed by atoms with Crippen molar-refractivity contribution in [2.24, 2.45) is 5.73 Å². The van der Waals surface area contributed by atoms with Crippen LogP contribution in [0.3, 0.4) is 0 Å². The smallest absolute Gasteiger partial charge is 0.125 e. The molecule has 3 atom stereocenters. The fourth-order valence-electron chi connectivity index (χ4n) is 3.56. The van der Waals surface area contributed by atoms with E-state index in [-0.39, 0.29) is 29.7 Å². The van der Waals surface area contributed by atoms with E-state index >= 15 is 0 Å². The van der Waals surface area contributed by atoms with Gasteiger partial charge >= 0.3 is 0 Å². The summed E-state index contributed by atoms with van der Waals surface area (Å²) in [6.45, 7) is 4.12. The molecular weight excluding hydrogens is 245 g/mol. The summed E-state index contributed by atoms with van der Waals surface area (Å²) in [5, 5.41) is 0. The van der Waals surface area contributed by atoms with Gasteiger partial charge in [0.2, 0.25) is 0 Å². The normalized spacial score (nSPS) is 37.8. The molecule has 3 nitrogen and oxygen atoms in total. The monoisotopic (exact) mass is 265 g/mol. The van der Waals surface area contributed by atoms with E-state index in [0.717, 1.165) is 30.6 Å². The molecule has 0 aliphatic carbocycles. The van der Waals surface area contributed by atoms with E-state index in [1.807, 2.05) is 0 Å². The lowest BCUT2D eigenvalue weighted by molar-refractivity contribution is -0.129. The van der Waals surface area contributed by atoms with Crippen molar-refractivity contribution in [3.05, 3.63) is 29.6 Å². The standard InChI is InChI=1S/C15H20FNO2/c1-9-6-15(7-10(2)18-9)8-13(17)12-5-11(16)3-4-14(12)19-15/h3-5,9-10,13H,6-8,17H2,1-2H3/t9?,10?,13-,15?/m0/s1. The van der Waals surface area contributed by atoms with Gasteiger partial charge < -0.3 is 15.2 Å². The lowest BCUT2D eigenvalue weighted by Gasteiger charge is -2.47. The molecule has 0 saturated carbocycles. The average molecular weight is 265 g/mol. The Morgan fingerprint density at radius 1 is 1.21 bits per heavy atom. The molecule has 1 saturated heterocycles. The Morgan fingerprint density at radius 3 is 2.58 bits per heavy atom. The Hall–Kier alpha value is -1.13. The van der Waals surface area contributed by atoms with Gasteiger partial charge in [-0.3, -0.25) is 0 Å². The van der Waals surface area contributed by atoms with Gasteiger partial charge in [-0.1, -0.05) is 0 Å². The van der Waals surface area contributed by atoms with Gasteiger partial charge in [-0.2, -0.15) is 0 Å². The van der Waals surface area contributed by atoms with Gasteiger partial charge in [0.25, 0.3) is 0 Å². The first-order valence-electron chi connectivity index (χ1n) is 6.87. The molecule has 0 aromatic heterocycles. The average Bonchev–Trinajstić information content (AvgIpc) is 2.28. The SMILES string of the molecule is CC1CC2(CC(C)O1)C[C@H](N)c1cc(F)ccc1O2. The molecule has 1 fully saturated rings. The highest BCUT2D eigenvalue weighted by Gasteiger charge is 2.45. The molecule has 0 bridgehead atoms. The van der Waals surface area contributed by atoms with Gasteiger partial charge in [-0.15, -0.1) is 0 Å². The van der Waals surface area contributed by atoms with Crippen molar-refractivity contribution < 1.29 is 13.9 Å². The fraction of sp³-hybridized carbons (Fsp3) is 0.600. The number of nitrogens with two attached hydrogens (primary N) is 1. The Morgan fingerprint density at radius 2 is 1.89 bits per heavy atom. The molecule has 1 spiro atoms. The van der Waals surface area contributed by atoms with Gasteiger partial charge in [0.15, 0.2) is 0 Å². The molecule has 2 aliphatic heterocycles. The predicted octanol–water partition coefficient (Wildman–Crippen LogP) is 2.93. The molecule has 104 valence electrons. The minimum absolute atomic E-state index is 0.165. The summed E-state index contributed by atoms with van der Waals surface area (Å²) in [6, 6.07) is 4.43. The molecule has 1 aromatic rings. The van der Waals surface area contributed by atoms with Crippen LogP contribution in [0.15, 0.2) is 18.2 Å². The van der Waals surface area contributed by atoms with Crippen LogP contribution in [0.4, 0.5) is 4.39 Å². The summed E-state index contributed by atoms with van der Waals surface area (Å²) in [7, 11) is 0. The number of hydrogen-bond acceptors (Lipinski definition) is 3. The lowest BCUT2D eigenvalue weighted by Crippen LogP contribution is -2.51. The van der Waals surface area contributed by atoms with E-state index in [0.29, 0.717) is 0 Å². The van der Waals surface area contributed by atoms with Gasteiger partial charge in [-0.25, -0.2) is 4.39 Å². The van der Waals surface area contributed by atoms with Crippen LogP contribution in [0.5, 0.6) is 5.75 Å². The Bertz CT molecular complexity index is 481. The molecular formula is C15H20FNO2. The minimum Gasteiger partial charge on any atom is -0.487 e. The van der Waals surface area contributed by atoms with Crippen LogP contribution < -0.4 is 10.5 Å². The maximum atomic E-state index is 13.3. The molecule has 2 N–H and O–H groups in total. The summed E-state index contributed by atoms with van der Waals surface area (Å²) >= 11 is 0. The van der Waals surface area contributed by atoms with Crippen molar-refractivity contribution in [3.8, 4) is 5.75 Å². The predicted molar refractivity (Wildman–Crippen MR) is 70.5 cm³/mol. The maximum absolute atomic E-state index is 13.3. The number of benzene rings is 1. The molecule has 0 amide bonds. The third kappa shape index (κ3) is 2.35. The van der Waals surface area contributed by atoms with Crippen molar-refractivity contribution in [2.45, 2.75) is 57.0 Å². The molecule has 0 radical (unpaired) electrons. The molecule has 19 heavy (non-hydrogen) atoms. The number of halogens is 1. The first kappa shape index (κ1) is 12.9. The number of fused-ring (bicyclic) bond motifs is 1.